The lowest BCUT2D eigenvalue weighted by molar-refractivity contribution is -0.137. The number of aryl methyl sites for hydroxylation is 1. The highest BCUT2D eigenvalue weighted by atomic mass is 35.5. The lowest BCUT2D eigenvalue weighted by Gasteiger charge is -2.08. The molecule has 3 rings (SSSR count). The summed E-state index contributed by atoms with van der Waals surface area (Å²) < 4.78 is 39.8. The van der Waals surface area contributed by atoms with E-state index < -0.39 is 11.7 Å². The minimum Gasteiger partial charge on any atom is -0.278 e. The number of aromatic nitrogens is 2. The fourth-order valence-corrected chi connectivity index (χ4v) is 2.66. The minimum absolute atomic E-state index is 0.223. The van der Waals surface area contributed by atoms with Crippen LogP contribution in [0, 0.1) is 6.92 Å². The fraction of sp³-hybridized carbons (Fsp3) is 0.111. The summed E-state index contributed by atoms with van der Waals surface area (Å²) in [6, 6.07) is 14.1. The van der Waals surface area contributed by atoms with E-state index in [-0.39, 0.29) is 5.69 Å². The first kappa shape index (κ1) is 18.0. The van der Waals surface area contributed by atoms with E-state index in [2.05, 4.69) is 15.6 Å². The van der Waals surface area contributed by atoms with Gasteiger partial charge in [0.15, 0.2) is 0 Å². The van der Waals surface area contributed by atoms with E-state index in [1.807, 2.05) is 30.3 Å². The maximum atomic E-state index is 12.7. The van der Waals surface area contributed by atoms with Crippen LogP contribution < -0.4 is 5.43 Å². The van der Waals surface area contributed by atoms with Gasteiger partial charge in [-0.05, 0) is 37.3 Å². The molecule has 0 saturated heterocycles. The average molecular weight is 379 g/mol. The van der Waals surface area contributed by atoms with Gasteiger partial charge >= 0.3 is 6.18 Å². The van der Waals surface area contributed by atoms with Gasteiger partial charge < -0.3 is 0 Å². The second-order valence-electron chi connectivity index (χ2n) is 5.49. The zero-order valence-corrected chi connectivity index (χ0v) is 14.4. The van der Waals surface area contributed by atoms with E-state index in [1.54, 1.807) is 11.6 Å². The quantitative estimate of drug-likeness (QED) is 0.494. The molecule has 0 saturated carbocycles. The van der Waals surface area contributed by atoms with Crippen LogP contribution in [-0.2, 0) is 6.18 Å². The standard InChI is InChI=1S/C18H14ClF3N4/c1-12-16(17(19)26(25-12)15-8-3-2-4-9-15)11-23-24-14-7-5-6-13(10-14)18(20,21)22/h2-11,24H,1H3/b23-11-. The zero-order chi connectivity index (χ0) is 18.7. The Morgan fingerprint density at radius 2 is 1.85 bits per heavy atom. The number of hydrogen-bond donors (Lipinski definition) is 1. The van der Waals surface area contributed by atoms with Gasteiger partial charge in [0.05, 0.1) is 34.4 Å². The summed E-state index contributed by atoms with van der Waals surface area (Å²) >= 11 is 6.36. The van der Waals surface area contributed by atoms with Crippen LogP contribution in [0.25, 0.3) is 5.69 Å². The molecule has 0 fully saturated rings. The summed E-state index contributed by atoms with van der Waals surface area (Å²) in [6.45, 7) is 1.77. The van der Waals surface area contributed by atoms with Crippen molar-refractivity contribution in [3.05, 3.63) is 76.6 Å². The Morgan fingerprint density at radius 3 is 2.54 bits per heavy atom. The molecule has 0 atom stereocenters. The van der Waals surface area contributed by atoms with Crippen LogP contribution >= 0.6 is 11.6 Å². The third-order valence-corrected chi connectivity index (χ3v) is 3.99. The number of hydrazone groups is 1. The Balaban J connectivity index is 1.81. The monoisotopic (exact) mass is 378 g/mol. The van der Waals surface area contributed by atoms with Crippen molar-refractivity contribution in [2.24, 2.45) is 5.10 Å². The van der Waals surface area contributed by atoms with Gasteiger partial charge in [-0.15, -0.1) is 0 Å². The molecule has 0 amide bonds. The first-order chi connectivity index (χ1) is 12.4. The predicted octanol–water partition coefficient (Wildman–Crippen LogP) is 5.30. The molecule has 1 aromatic heterocycles. The van der Waals surface area contributed by atoms with Crippen molar-refractivity contribution in [2.75, 3.05) is 5.43 Å². The van der Waals surface area contributed by atoms with Gasteiger partial charge in [-0.2, -0.15) is 23.4 Å². The zero-order valence-electron chi connectivity index (χ0n) is 13.6. The van der Waals surface area contributed by atoms with Crippen LogP contribution in [0.2, 0.25) is 5.15 Å². The second-order valence-corrected chi connectivity index (χ2v) is 5.84. The van der Waals surface area contributed by atoms with Crippen molar-refractivity contribution in [1.29, 1.82) is 0 Å². The average Bonchev–Trinajstić information content (AvgIpc) is 2.90. The molecule has 0 radical (unpaired) electrons. The number of anilines is 1. The SMILES string of the molecule is Cc1nn(-c2ccccc2)c(Cl)c1/C=N\Nc1cccc(C(F)(F)F)c1. The summed E-state index contributed by atoms with van der Waals surface area (Å²) in [5.74, 6) is 0. The Bertz CT molecular complexity index is 933. The second kappa shape index (κ2) is 7.21. The molecular formula is C18H14ClF3N4. The van der Waals surface area contributed by atoms with E-state index in [0.29, 0.717) is 16.4 Å². The predicted molar refractivity (Wildman–Crippen MR) is 96.0 cm³/mol. The van der Waals surface area contributed by atoms with Crippen LogP contribution in [0.5, 0.6) is 0 Å². The number of rotatable bonds is 4. The molecule has 8 heteroatoms. The van der Waals surface area contributed by atoms with Gasteiger partial charge in [-0.1, -0.05) is 35.9 Å². The smallest absolute Gasteiger partial charge is 0.278 e. The van der Waals surface area contributed by atoms with Crippen molar-refractivity contribution in [3.8, 4) is 5.69 Å². The first-order valence-corrected chi connectivity index (χ1v) is 8.01. The molecule has 1 N–H and O–H groups in total. The topological polar surface area (TPSA) is 42.2 Å². The summed E-state index contributed by atoms with van der Waals surface area (Å²) in [6.07, 6.45) is -2.97. The third-order valence-electron chi connectivity index (χ3n) is 3.63. The van der Waals surface area contributed by atoms with E-state index in [4.69, 9.17) is 11.6 Å². The van der Waals surface area contributed by atoms with Gasteiger partial charge in [0.1, 0.15) is 5.15 Å². The molecule has 4 nitrogen and oxygen atoms in total. The van der Waals surface area contributed by atoms with E-state index in [0.717, 1.165) is 17.8 Å². The minimum atomic E-state index is -4.40. The summed E-state index contributed by atoms with van der Waals surface area (Å²) in [5, 5.41) is 8.72. The largest absolute Gasteiger partial charge is 0.416 e. The normalized spacial score (nSPS) is 11.9. The van der Waals surface area contributed by atoms with Gasteiger partial charge in [0, 0.05) is 0 Å². The number of benzene rings is 2. The van der Waals surface area contributed by atoms with E-state index in [1.165, 1.54) is 18.3 Å². The lowest BCUT2D eigenvalue weighted by Crippen LogP contribution is -2.05. The van der Waals surface area contributed by atoms with E-state index >= 15 is 0 Å². The van der Waals surface area contributed by atoms with Crippen LogP contribution in [0.1, 0.15) is 16.8 Å². The number of halogens is 4. The molecule has 2 aromatic carbocycles. The van der Waals surface area contributed by atoms with Crippen LogP contribution in [0.4, 0.5) is 18.9 Å². The van der Waals surface area contributed by atoms with E-state index in [9.17, 15) is 13.2 Å². The Morgan fingerprint density at radius 1 is 1.12 bits per heavy atom. The third kappa shape index (κ3) is 3.88. The molecule has 134 valence electrons. The summed E-state index contributed by atoms with van der Waals surface area (Å²) in [4.78, 5) is 0. The summed E-state index contributed by atoms with van der Waals surface area (Å²) in [7, 11) is 0. The Labute approximate surface area is 152 Å². The number of nitrogens with zero attached hydrogens (tertiary/aromatic N) is 3. The van der Waals surface area contributed by atoms with Crippen LogP contribution in [0.3, 0.4) is 0 Å². The van der Waals surface area contributed by atoms with Crippen LogP contribution in [-0.4, -0.2) is 16.0 Å². The highest BCUT2D eigenvalue weighted by molar-refractivity contribution is 6.32. The van der Waals surface area contributed by atoms with Crippen LogP contribution in [0.15, 0.2) is 59.7 Å². The fourth-order valence-electron chi connectivity index (χ4n) is 2.33. The molecule has 0 spiro atoms. The highest BCUT2D eigenvalue weighted by Gasteiger charge is 2.30. The molecule has 1 heterocycles. The molecule has 0 aliphatic heterocycles. The number of para-hydroxylation sites is 1. The number of alkyl halides is 3. The molecule has 26 heavy (non-hydrogen) atoms. The van der Waals surface area contributed by atoms with Gasteiger partial charge in [0.2, 0.25) is 0 Å². The van der Waals surface area contributed by atoms with Crippen molar-refractivity contribution in [2.45, 2.75) is 13.1 Å². The lowest BCUT2D eigenvalue weighted by atomic mass is 10.2. The summed E-state index contributed by atoms with van der Waals surface area (Å²) in [5.41, 5.74) is 4.08. The molecule has 0 bridgehead atoms. The number of nitrogens with one attached hydrogen (secondary N) is 1. The molecule has 0 aliphatic carbocycles. The molecule has 3 aromatic rings. The van der Waals surface area contributed by atoms with Gasteiger partial charge in [-0.3, -0.25) is 5.43 Å². The van der Waals surface area contributed by atoms with Gasteiger partial charge in [-0.25, -0.2) is 4.68 Å². The molecule has 0 aliphatic rings. The maximum absolute atomic E-state index is 12.7. The Kier molecular flexibility index (Phi) is 4.99. The van der Waals surface area contributed by atoms with Crippen molar-refractivity contribution < 1.29 is 13.2 Å². The molecule has 0 unspecified atom stereocenters. The first-order valence-electron chi connectivity index (χ1n) is 7.63. The highest BCUT2D eigenvalue weighted by Crippen LogP contribution is 2.30. The van der Waals surface area contributed by atoms with Crippen molar-refractivity contribution >= 4 is 23.5 Å². The number of hydrogen-bond acceptors (Lipinski definition) is 3. The maximum Gasteiger partial charge on any atom is 0.416 e. The Hall–Kier alpha value is -2.80. The van der Waals surface area contributed by atoms with Gasteiger partial charge in [0.25, 0.3) is 0 Å². The van der Waals surface area contributed by atoms with Crippen molar-refractivity contribution in [1.82, 2.24) is 9.78 Å². The van der Waals surface area contributed by atoms with Crippen molar-refractivity contribution in [3.63, 3.8) is 0 Å². The molecular weight excluding hydrogens is 365 g/mol.